The van der Waals surface area contributed by atoms with E-state index < -0.39 is 11.7 Å². The molecule has 0 aliphatic heterocycles. The average molecular weight is 307 g/mol. The van der Waals surface area contributed by atoms with Gasteiger partial charge in [-0.25, -0.2) is 4.79 Å². The van der Waals surface area contributed by atoms with Crippen LogP contribution >= 0.6 is 0 Å². The van der Waals surface area contributed by atoms with Crippen LogP contribution in [0.5, 0.6) is 0 Å². The fourth-order valence-corrected chi connectivity index (χ4v) is 2.19. The van der Waals surface area contributed by atoms with Crippen molar-refractivity contribution in [2.75, 3.05) is 19.6 Å². The van der Waals surface area contributed by atoms with Crippen LogP contribution < -0.4 is 11.1 Å². The smallest absolute Gasteiger partial charge is 0.407 e. The molecule has 1 aromatic rings. The predicted octanol–water partition coefficient (Wildman–Crippen LogP) is 2.36. The van der Waals surface area contributed by atoms with Crippen molar-refractivity contribution in [3.05, 3.63) is 35.9 Å². The minimum absolute atomic E-state index is 0.0812. The number of rotatable bonds is 7. The lowest BCUT2D eigenvalue weighted by Gasteiger charge is -2.30. The first-order chi connectivity index (χ1) is 10.4. The first kappa shape index (κ1) is 18.5. The number of nitrogens with two attached hydrogens (primary N) is 1. The standard InChI is InChI=1S/C17H29N3O2/c1-5-20(13-14-9-7-6-8-10-14)15(11-18)12-19-16(21)22-17(2,3)4/h6-10,15H,5,11-13,18H2,1-4H3,(H,19,21). The van der Waals surface area contributed by atoms with Gasteiger partial charge in [0.1, 0.15) is 5.60 Å². The van der Waals surface area contributed by atoms with Gasteiger partial charge in [0.05, 0.1) is 0 Å². The highest BCUT2D eigenvalue weighted by Crippen LogP contribution is 2.09. The predicted molar refractivity (Wildman–Crippen MR) is 89.6 cm³/mol. The maximum Gasteiger partial charge on any atom is 0.407 e. The second-order valence-electron chi connectivity index (χ2n) is 6.32. The van der Waals surface area contributed by atoms with Crippen LogP contribution in [0.15, 0.2) is 30.3 Å². The van der Waals surface area contributed by atoms with Gasteiger partial charge in [-0.3, -0.25) is 4.90 Å². The Morgan fingerprint density at radius 3 is 2.45 bits per heavy atom. The number of nitrogens with one attached hydrogen (secondary N) is 1. The van der Waals surface area contributed by atoms with Crippen LogP contribution in [-0.4, -0.2) is 42.3 Å². The fourth-order valence-electron chi connectivity index (χ4n) is 2.19. The monoisotopic (exact) mass is 307 g/mol. The van der Waals surface area contributed by atoms with Crippen molar-refractivity contribution in [3.63, 3.8) is 0 Å². The quantitative estimate of drug-likeness (QED) is 0.811. The van der Waals surface area contributed by atoms with E-state index in [2.05, 4.69) is 29.3 Å². The summed E-state index contributed by atoms with van der Waals surface area (Å²) in [5.41, 5.74) is 6.63. The summed E-state index contributed by atoms with van der Waals surface area (Å²) in [4.78, 5) is 14.0. The number of carbonyl (C=O) groups is 1. The Hall–Kier alpha value is -1.59. The van der Waals surface area contributed by atoms with Gasteiger partial charge < -0.3 is 15.8 Å². The van der Waals surface area contributed by atoms with E-state index in [-0.39, 0.29) is 6.04 Å². The van der Waals surface area contributed by atoms with Gasteiger partial charge in [0.2, 0.25) is 0 Å². The Balaban J connectivity index is 2.55. The zero-order valence-electron chi connectivity index (χ0n) is 14.1. The molecule has 0 radical (unpaired) electrons. The molecular weight excluding hydrogens is 278 g/mol. The molecule has 22 heavy (non-hydrogen) atoms. The number of alkyl carbamates (subject to hydrolysis) is 1. The third-order valence-corrected chi connectivity index (χ3v) is 3.30. The van der Waals surface area contributed by atoms with Gasteiger partial charge in [0.15, 0.2) is 0 Å². The number of benzene rings is 1. The number of likely N-dealkylation sites (N-methyl/N-ethyl adjacent to an activating group) is 1. The van der Waals surface area contributed by atoms with Crippen LogP contribution in [0.1, 0.15) is 33.3 Å². The lowest BCUT2D eigenvalue weighted by atomic mass is 10.1. The molecule has 0 heterocycles. The van der Waals surface area contributed by atoms with E-state index in [0.717, 1.165) is 13.1 Å². The van der Waals surface area contributed by atoms with Crippen LogP contribution in [0.2, 0.25) is 0 Å². The molecule has 1 aromatic carbocycles. The summed E-state index contributed by atoms with van der Waals surface area (Å²) < 4.78 is 5.25. The van der Waals surface area contributed by atoms with Gasteiger partial charge in [-0.1, -0.05) is 37.3 Å². The van der Waals surface area contributed by atoms with Crippen molar-refractivity contribution in [2.45, 2.75) is 45.9 Å². The van der Waals surface area contributed by atoms with Crippen molar-refractivity contribution in [2.24, 2.45) is 5.73 Å². The number of hydrogen-bond donors (Lipinski definition) is 2. The minimum atomic E-state index is -0.489. The maximum atomic E-state index is 11.8. The second kappa shape index (κ2) is 8.76. The van der Waals surface area contributed by atoms with Gasteiger partial charge in [-0.05, 0) is 32.9 Å². The number of nitrogens with zero attached hydrogens (tertiary/aromatic N) is 1. The van der Waals surface area contributed by atoms with Crippen LogP contribution in [-0.2, 0) is 11.3 Å². The maximum absolute atomic E-state index is 11.8. The summed E-state index contributed by atoms with van der Waals surface area (Å²) in [5, 5.41) is 2.81. The summed E-state index contributed by atoms with van der Waals surface area (Å²) in [6.45, 7) is 10.3. The van der Waals surface area contributed by atoms with E-state index in [1.54, 1.807) is 0 Å². The van der Waals surface area contributed by atoms with E-state index in [1.165, 1.54) is 5.56 Å². The molecule has 3 N–H and O–H groups in total. The highest BCUT2D eigenvalue weighted by molar-refractivity contribution is 5.67. The molecule has 5 nitrogen and oxygen atoms in total. The lowest BCUT2D eigenvalue weighted by molar-refractivity contribution is 0.0507. The van der Waals surface area contributed by atoms with Gasteiger partial charge in [0.25, 0.3) is 0 Å². The molecule has 0 spiro atoms. The molecule has 124 valence electrons. The summed E-state index contributed by atoms with van der Waals surface area (Å²) in [5.74, 6) is 0. The average Bonchev–Trinajstić information content (AvgIpc) is 2.45. The van der Waals surface area contributed by atoms with E-state index in [9.17, 15) is 4.79 Å². The first-order valence-corrected chi connectivity index (χ1v) is 7.80. The molecule has 0 saturated heterocycles. The van der Waals surface area contributed by atoms with Crippen molar-refractivity contribution in [1.29, 1.82) is 0 Å². The molecule has 0 saturated carbocycles. The SMILES string of the molecule is CCN(Cc1ccccc1)C(CN)CNC(=O)OC(C)(C)C. The van der Waals surface area contributed by atoms with Crippen LogP contribution in [0.25, 0.3) is 0 Å². The third-order valence-electron chi connectivity index (χ3n) is 3.30. The Bertz CT molecular complexity index is 443. The largest absolute Gasteiger partial charge is 0.444 e. The highest BCUT2D eigenvalue weighted by Gasteiger charge is 2.20. The number of amides is 1. The van der Waals surface area contributed by atoms with Crippen molar-refractivity contribution < 1.29 is 9.53 Å². The van der Waals surface area contributed by atoms with Crippen LogP contribution in [0.4, 0.5) is 4.79 Å². The summed E-state index contributed by atoms with van der Waals surface area (Å²) in [6, 6.07) is 10.3. The highest BCUT2D eigenvalue weighted by atomic mass is 16.6. The Morgan fingerprint density at radius 1 is 1.32 bits per heavy atom. The molecule has 0 bridgehead atoms. The molecule has 0 aliphatic carbocycles. The van der Waals surface area contributed by atoms with Crippen LogP contribution in [0.3, 0.4) is 0 Å². The number of hydrogen-bond acceptors (Lipinski definition) is 4. The van der Waals surface area contributed by atoms with Crippen molar-refractivity contribution in [1.82, 2.24) is 10.2 Å². The number of carbonyl (C=O) groups excluding carboxylic acids is 1. The molecular formula is C17H29N3O2. The van der Waals surface area contributed by atoms with Crippen molar-refractivity contribution >= 4 is 6.09 Å². The minimum Gasteiger partial charge on any atom is -0.444 e. The molecule has 1 amide bonds. The Labute approximate surface area is 133 Å². The topological polar surface area (TPSA) is 67.6 Å². The summed E-state index contributed by atoms with van der Waals surface area (Å²) in [7, 11) is 0. The summed E-state index contributed by atoms with van der Waals surface area (Å²) >= 11 is 0. The van der Waals surface area contributed by atoms with Gasteiger partial charge in [0, 0.05) is 25.7 Å². The molecule has 1 rings (SSSR count). The Kier molecular flexibility index (Phi) is 7.35. The summed E-state index contributed by atoms with van der Waals surface area (Å²) in [6.07, 6.45) is -0.401. The number of ether oxygens (including phenoxy) is 1. The molecule has 0 aromatic heterocycles. The molecule has 1 unspecified atom stereocenters. The lowest BCUT2D eigenvalue weighted by Crippen LogP contribution is -2.48. The third kappa shape index (κ3) is 6.91. The van der Waals surface area contributed by atoms with Gasteiger partial charge in [-0.2, -0.15) is 0 Å². The van der Waals surface area contributed by atoms with Crippen molar-refractivity contribution in [3.8, 4) is 0 Å². The fraction of sp³-hybridized carbons (Fsp3) is 0.588. The zero-order chi connectivity index (χ0) is 16.6. The molecule has 5 heteroatoms. The normalized spacial score (nSPS) is 13.0. The van der Waals surface area contributed by atoms with Crippen LogP contribution in [0, 0.1) is 0 Å². The van der Waals surface area contributed by atoms with E-state index >= 15 is 0 Å². The van der Waals surface area contributed by atoms with E-state index in [0.29, 0.717) is 13.1 Å². The van der Waals surface area contributed by atoms with Gasteiger partial charge in [-0.15, -0.1) is 0 Å². The van der Waals surface area contributed by atoms with E-state index in [1.807, 2.05) is 39.0 Å². The first-order valence-electron chi connectivity index (χ1n) is 7.80. The zero-order valence-corrected chi connectivity index (χ0v) is 14.1. The Morgan fingerprint density at radius 2 is 1.95 bits per heavy atom. The molecule has 0 fully saturated rings. The second-order valence-corrected chi connectivity index (χ2v) is 6.32. The molecule has 1 atom stereocenters. The van der Waals surface area contributed by atoms with Gasteiger partial charge >= 0.3 is 6.09 Å². The molecule has 0 aliphatic rings. The van der Waals surface area contributed by atoms with E-state index in [4.69, 9.17) is 10.5 Å².